The van der Waals surface area contributed by atoms with Crippen molar-refractivity contribution in [2.75, 3.05) is 24.3 Å². The Hall–Kier alpha value is -2.47. The number of carbonyl (C=O) groups excluding carboxylic acids is 1. The second-order valence-electron chi connectivity index (χ2n) is 4.84. The van der Waals surface area contributed by atoms with Crippen LogP contribution in [0.5, 0.6) is 0 Å². The van der Waals surface area contributed by atoms with Gasteiger partial charge in [-0.05, 0) is 30.3 Å². The van der Waals surface area contributed by atoms with E-state index < -0.39 is 0 Å². The summed E-state index contributed by atoms with van der Waals surface area (Å²) in [5, 5.41) is 2.90. The van der Waals surface area contributed by atoms with Gasteiger partial charge >= 0.3 is 0 Å². The molecule has 0 radical (unpaired) electrons. The summed E-state index contributed by atoms with van der Waals surface area (Å²) in [4.78, 5) is 14.3. The highest BCUT2D eigenvalue weighted by atomic mass is 32.1. The lowest BCUT2D eigenvalue weighted by Gasteiger charge is -2.13. The minimum atomic E-state index is -0.154. The van der Waals surface area contributed by atoms with E-state index in [-0.39, 0.29) is 5.91 Å². The molecule has 1 aromatic heterocycles. The van der Waals surface area contributed by atoms with Gasteiger partial charge in [0.25, 0.3) is 5.91 Å². The standard InChI is InChI=1S/C15H14N4OS/c1-19(2)11-6-3-5-10(9-11)15(20)16-12-7-4-8-13-14(12)18-21-17-13/h3-9H,1-2H3,(H,16,20). The van der Waals surface area contributed by atoms with Gasteiger partial charge in [-0.15, -0.1) is 0 Å². The van der Waals surface area contributed by atoms with Gasteiger partial charge in [0.15, 0.2) is 0 Å². The number of aromatic nitrogens is 2. The molecule has 21 heavy (non-hydrogen) atoms. The van der Waals surface area contributed by atoms with Gasteiger partial charge in [-0.3, -0.25) is 4.79 Å². The van der Waals surface area contributed by atoms with Crippen LogP contribution in [0.25, 0.3) is 11.0 Å². The Labute approximate surface area is 126 Å². The molecule has 0 fully saturated rings. The van der Waals surface area contributed by atoms with Crippen LogP contribution in [0.3, 0.4) is 0 Å². The first-order chi connectivity index (χ1) is 10.1. The van der Waals surface area contributed by atoms with Crippen molar-refractivity contribution in [3.8, 4) is 0 Å². The summed E-state index contributed by atoms with van der Waals surface area (Å²) in [6.07, 6.45) is 0. The fourth-order valence-electron chi connectivity index (χ4n) is 2.03. The van der Waals surface area contributed by atoms with Gasteiger partial charge in [-0.25, -0.2) is 0 Å². The fraction of sp³-hybridized carbons (Fsp3) is 0.133. The molecule has 0 atom stereocenters. The number of hydrogen-bond acceptors (Lipinski definition) is 5. The molecule has 3 rings (SSSR count). The maximum Gasteiger partial charge on any atom is 0.255 e. The van der Waals surface area contributed by atoms with E-state index >= 15 is 0 Å². The van der Waals surface area contributed by atoms with Crippen LogP contribution in [-0.2, 0) is 0 Å². The van der Waals surface area contributed by atoms with Crippen molar-refractivity contribution in [1.82, 2.24) is 8.75 Å². The zero-order chi connectivity index (χ0) is 14.8. The van der Waals surface area contributed by atoms with Crippen LogP contribution < -0.4 is 10.2 Å². The van der Waals surface area contributed by atoms with E-state index in [4.69, 9.17) is 0 Å². The maximum atomic E-state index is 12.4. The third-order valence-corrected chi connectivity index (χ3v) is 3.70. The predicted molar refractivity (Wildman–Crippen MR) is 86.1 cm³/mol. The van der Waals surface area contributed by atoms with Crippen molar-refractivity contribution >= 4 is 40.0 Å². The maximum absolute atomic E-state index is 12.4. The molecule has 0 aliphatic rings. The Morgan fingerprint density at radius 3 is 2.76 bits per heavy atom. The molecule has 0 saturated carbocycles. The van der Waals surface area contributed by atoms with Crippen molar-refractivity contribution in [3.63, 3.8) is 0 Å². The van der Waals surface area contributed by atoms with Crippen LogP contribution in [0, 0.1) is 0 Å². The molecular weight excluding hydrogens is 284 g/mol. The van der Waals surface area contributed by atoms with Crippen molar-refractivity contribution in [2.24, 2.45) is 0 Å². The lowest BCUT2D eigenvalue weighted by atomic mass is 10.1. The van der Waals surface area contributed by atoms with Crippen LogP contribution in [-0.4, -0.2) is 28.7 Å². The molecule has 1 heterocycles. The van der Waals surface area contributed by atoms with Crippen molar-refractivity contribution in [1.29, 1.82) is 0 Å². The molecule has 0 unspecified atom stereocenters. The number of nitrogens with zero attached hydrogens (tertiary/aromatic N) is 3. The fourth-order valence-corrected chi connectivity index (χ4v) is 2.58. The molecule has 6 heteroatoms. The molecule has 0 aliphatic heterocycles. The molecular formula is C15H14N4OS. The third-order valence-electron chi connectivity index (χ3n) is 3.16. The molecule has 2 aromatic carbocycles. The van der Waals surface area contributed by atoms with Crippen LogP contribution in [0.4, 0.5) is 11.4 Å². The lowest BCUT2D eigenvalue weighted by Crippen LogP contribution is -2.14. The van der Waals surface area contributed by atoms with E-state index in [2.05, 4.69) is 14.1 Å². The van der Waals surface area contributed by atoms with E-state index in [1.54, 1.807) is 6.07 Å². The number of benzene rings is 2. The summed E-state index contributed by atoms with van der Waals surface area (Å²) in [6, 6.07) is 13.0. The van der Waals surface area contributed by atoms with Gasteiger partial charge in [-0.2, -0.15) is 8.75 Å². The van der Waals surface area contributed by atoms with Crippen molar-refractivity contribution in [2.45, 2.75) is 0 Å². The van der Waals surface area contributed by atoms with E-state index in [1.165, 1.54) is 0 Å². The number of fused-ring (bicyclic) bond motifs is 1. The van der Waals surface area contributed by atoms with Gasteiger partial charge in [0.2, 0.25) is 0 Å². The number of anilines is 2. The quantitative estimate of drug-likeness (QED) is 0.807. The Morgan fingerprint density at radius 2 is 1.95 bits per heavy atom. The Bertz CT molecular complexity index is 797. The monoisotopic (exact) mass is 298 g/mol. The van der Waals surface area contributed by atoms with Crippen LogP contribution in [0.15, 0.2) is 42.5 Å². The minimum Gasteiger partial charge on any atom is -0.378 e. The highest BCUT2D eigenvalue weighted by molar-refractivity contribution is 7.00. The van der Waals surface area contributed by atoms with Crippen LogP contribution in [0.1, 0.15) is 10.4 Å². The van der Waals surface area contributed by atoms with Gasteiger partial charge in [-0.1, -0.05) is 12.1 Å². The second-order valence-corrected chi connectivity index (χ2v) is 5.36. The van der Waals surface area contributed by atoms with E-state index in [9.17, 15) is 4.79 Å². The average molecular weight is 298 g/mol. The number of hydrogen-bond donors (Lipinski definition) is 1. The van der Waals surface area contributed by atoms with Crippen LogP contribution >= 0.6 is 11.7 Å². The van der Waals surface area contributed by atoms with Crippen molar-refractivity contribution in [3.05, 3.63) is 48.0 Å². The summed E-state index contributed by atoms with van der Waals surface area (Å²) in [6.45, 7) is 0. The largest absolute Gasteiger partial charge is 0.378 e. The molecule has 1 N–H and O–H groups in total. The minimum absolute atomic E-state index is 0.154. The molecule has 0 bridgehead atoms. The van der Waals surface area contributed by atoms with E-state index in [0.717, 1.165) is 28.4 Å². The Kier molecular flexibility index (Phi) is 3.53. The van der Waals surface area contributed by atoms with E-state index in [0.29, 0.717) is 11.3 Å². The number of amides is 1. The SMILES string of the molecule is CN(C)c1cccc(C(=O)Nc2cccc3nsnc23)c1. The molecule has 0 saturated heterocycles. The normalized spacial score (nSPS) is 10.6. The first-order valence-corrected chi connectivity index (χ1v) is 7.18. The summed E-state index contributed by atoms with van der Waals surface area (Å²) in [7, 11) is 3.89. The average Bonchev–Trinajstić information content (AvgIpc) is 2.97. The van der Waals surface area contributed by atoms with Crippen molar-refractivity contribution < 1.29 is 4.79 Å². The highest BCUT2D eigenvalue weighted by Crippen LogP contribution is 2.22. The molecule has 1 amide bonds. The summed E-state index contributed by atoms with van der Waals surface area (Å²) >= 11 is 1.14. The zero-order valence-electron chi connectivity index (χ0n) is 11.7. The van der Waals surface area contributed by atoms with Crippen LogP contribution in [0.2, 0.25) is 0 Å². The van der Waals surface area contributed by atoms with Gasteiger partial charge in [0.1, 0.15) is 11.0 Å². The second kappa shape index (κ2) is 5.49. The van der Waals surface area contributed by atoms with Gasteiger partial charge in [0, 0.05) is 25.3 Å². The third kappa shape index (κ3) is 2.71. The first-order valence-electron chi connectivity index (χ1n) is 6.45. The summed E-state index contributed by atoms with van der Waals surface area (Å²) < 4.78 is 8.39. The number of carbonyl (C=O) groups is 1. The summed E-state index contributed by atoms with van der Waals surface area (Å²) in [5.41, 5.74) is 3.79. The topological polar surface area (TPSA) is 58.1 Å². The lowest BCUT2D eigenvalue weighted by molar-refractivity contribution is 0.102. The number of nitrogens with one attached hydrogen (secondary N) is 1. The number of rotatable bonds is 3. The van der Waals surface area contributed by atoms with Gasteiger partial charge < -0.3 is 10.2 Å². The first kappa shape index (κ1) is 13.5. The molecule has 0 spiro atoms. The molecule has 0 aliphatic carbocycles. The highest BCUT2D eigenvalue weighted by Gasteiger charge is 2.11. The van der Waals surface area contributed by atoms with E-state index in [1.807, 2.05) is 55.4 Å². The van der Waals surface area contributed by atoms with Gasteiger partial charge in [0.05, 0.1) is 17.4 Å². The summed E-state index contributed by atoms with van der Waals surface area (Å²) in [5.74, 6) is -0.154. The molecule has 3 aromatic rings. The molecule has 106 valence electrons. The zero-order valence-corrected chi connectivity index (χ0v) is 12.5. The Balaban J connectivity index is 1.89. The molecule has 5 nitrogen and oxygen atoms in total. The predicted octanol–water partition coefficient (Wildman–Crippen LogP) is 3.01. The smallest absolute Gasteiger partial charge is 0.255 e. The Morgan fingerprint density at radius 1 is 1.14 bits per heavy atom.